The van der Waals surface area contributed by atoms with E-state index in [9.17, 15) is 4.79 Å². The van der Waals surface area contributed by atoms with Crippen LogP contribution in [0.15, 0.2) is 40.4 Å². The van der Waals surface area contributed by atoms with E-state index in [4.69, 9.17) is 17.0 Å². The molecule has 0 aromatic carbocycles. The number of alkyl halides is 1. The first-order valence-electron chi connectivity index (χ1n) is 9.29. The zero-order valence-electron chi connectivity index (χ0n) is 16.3. The monoisotopic (exact) mass is 377 g/mol. The topological polar surface area (TPSA) is 65.3 Å². The van der Waals surface area contributed by atoms with E-state index in [-0.39, 0.29) is 17.5 Å². The summed E-state index contributed by atoms with van der Waals surface area (Å²) < 4.78 is 0. The standard InChI is InChI=1S/C21H32ClN3O/c1-5-6-18(22)8-7-16(4)17-10-19(24-13-17)11-21(14-26)25-20(12-23)9-15(2)3/h5-7,10,12,14-15,18,20-21,23,25H,8-9,11,13H2,1-4H3/b6-5-,16-7+,23-12?. The lowest BCUT2D eigenvalue weighted by molar-refractivity contribution is -0.109. The van der Waals surface area contributed by atoms with Crippen molar-refractivity contribution in [1.29, 1.82) is 5.41 Å². The Morgan fingerprint density at radius 2 is 2.15 bits per heavy atom. The Hall–Kier alpha value is -1.52. The zero-order chi connectivity index (χ0) is 19.5. The first-order chi connectivity index (χ1) is 12.4. The van der Waals surface area contributed by atoms with Gasteiger partial charge in [0.1, 0.15) is 6.29 Å². The third-order valence-electron chi connectivity index (χ3n) is 4.30. The fourth-order valence-corrected chi connectivity index (χ4v) is 3.12. The number of halogens is 1. The van der Waals surface area contributed by atoms with Crippen LogP contribution < -0.4 is 5.32 Å². The van der Waals surface area contributed by atoms with Gasteiger partial charge in [-0.2, -0.15) is 0 Å². The molecule has 4 nitrogen and oxygen atoms in total. The van der Waals surface area contributed by atoms with Crippen molar-refractivity contribution in [3.63, 3.8) is 0 Å². The van der Waals surface area contributed by atoms with Gasteiger partial charge in [0.05, 0.1) is 18.0 Å². The van der Waals surface area contributed by atoms with Gasteiger partial charge in [-0.25, -0.2) is 0 Å². The highest BCUT2D eigenvalue weighted by Crippen LogP contribution is 2.19. The fraction of sp³-hybridized carbons (Fsp3) is 0.571. The lowest BCUT2D eigenvalue weighted by Gasteiger charge is -2.20. The SMILES string of the molecule is C/C=C\C(Cl)C/C=C(\C)C1=CC(CC(C=O)NC(C=N)CC(C)C)=NC1. The second-order valence-corrected chi connectivity index (χ2v) is 7.72. The van der Waals surface area contributed by atoms with Crippen LogP contribution in [0.2, 0.25) is 0 Å². The van der Waals surface area contributed by atoms with E-state index in [0.29, 0.717) is 18.9 Å². The van der Waals surface area contributed by atoms with Crippen LogP contribution in [0.1, 0.15) is 47.0 Å². The number of hydrogen-bond acceptors (Lipinski definition) is 4. The first kappa shape index (κ1) is 22.5. The summed E-state index contributed by atoms with van der Waals surface area (Å²) in [6, 6.07) is -0.398. The van der Waals surface area contributed by atoms with Crippen molar-refractivity contribution in [1.82, 2.24) is 5.32 Å². The van der Waals surface area contributed by atoms with Gasteiger partial charge in [-0.3, -0.25) is 10.3 Å². The van der Waals surface area contributed by atoms with Gasteiger partial charge in [-0.1, -0.05) is 32.1 Å². The molecule has 0 saturated carbocycles. The number of hydrogen-bond donors (Lipinski definition) is 2. The van der Waals surface area contributed by atoms with Crippen molar-refractivity contribution in [2.75, 3.05) is 6.54 Å². The molecule has 1 aliphatic heterocycles. The van der Waals surface area contributed by atoms with Gasteiger partial charge in [-0.05, 0) is 49.8 Å². The smallest absolute Gasteiger partial charge is 0.137 e. The summed E-state index contributed by atoms with van der Waals surface area (Å²) in [5, 5.41) is 10.8. The number of aliphatic imine (C=N–C) groups is 1. The van der Waals surface area contributed by atoms with Crippen molar-refractivity contribution in [3.8, 4) is 0 Å². The molecular formula is C21H32ClN3O. The Balaban J connectivity index is 2.63. The van der Waals surface area contributed by atoms with Crippen molar-refractivity contribution in [3.05, 3.63) is 35.5 Å². The molecule has 0 bridgehead atoms. The Morgan fingerprint density at radius 1 is 1.42 bits per heavy atom. The van der Waals surface area contributed by atoms with E-state index in [0.717, 1.165) is 24.8 Å². The van der Waals surface area contributed by atoms with Gasteiger partial charge >= 0.3 is 0 Å². The van der Waals surface area contributed by atoms with E-state index in [1.807, 2.05) is 19.1 Å². The molecule has 0 fully saturated rings. The molecule has 0 radical (unpaired) electrons. The second kappa shape index (κ2) is 12.0. The second-order valence-electron chi connectivity index (χ2n) is 7.16. The van der Waals surface area contributed by atoms with E-state index in [1.165, 1.54) is 17.4 Å². The number of nitrogens with zero attached hydrogens (tertiary/aromatic N) is 1. The average molecular weight is 378 g/mol. The largest absolute Gasteiger partial charge is 0.311 e. The third kappa shape index (κ3) is 8.24. The number of carbonyl (C=O) groups is 1. The summed E-state index contributed by atoms with van der Waals surface area (Å²) >= 11 is 6.20. The molecule has 2 N–H and O–H groups in total. The van der Waals surface area contributed by atoms with E-state index >= 15 is 0 Å². The van der Waals surface area contributed by atoms with Crippen LogP contribution in [0.25, 0.3) is 0 Å². The molecule has 5 heteroatoms. The Bertz CT molecular complexity index is 590. The molecule has 0 saturated heterocycles. The molecule has 1 heterocycles. The van der Waals surface area contributed by atoms with Gasteiger partial charge in [0, 0.05) is 24.4 Å². The maximum Gasteiger partial charge on any atom is 0.137 e. The minimum atomic E-state index is -0.319. The number of nitrogens with one attached hydrogen (secondary N) is 2. The molecule has 0 aliphatic carbocycles. The van der Waals surface area contributed by atoms with E-state index in [1.54, 1.807) is 0 Å². The molecule has 3 atom stereocenters. The first-order valence-corrected chi connectivity index (χ1v) is 9.73. The minimum absolute atomic E-state index is 0.0139. The molecule has 26 heavy (non-hydrogen) atoms. The van der Waals surface area contributed by atoms with Crippen LogP contribution in [0.3, 0.4) is 0 Å². The van der Waals surface area contributed by atoms with Crippen molar-refractivity contribution in [2.24, 2.45) is 10.9 Å². The maximum atomic E-state index is 11.4. The minimum Gasteiger partial charge on any atom is -0.311 e. The molecule has 0 aromatic rings. The summed E-state index contributed by atoms with van der Waals surface area (Å²) in [5.41, 5.74) is 3.30. The van der Waals surface area contributed by atoms with Gasteiger partial charge in [-0.15, -0.1) is 11.6 Å². The average Bonchev–Trinajstić information content (AvgIpc) is 3.06. The molecule has 144 valence electrons. The summed E-state index contributed by atoms with van der Waals surface area (Å²) in [5.74, 6) is 0.470. The number of aldehydes is 1. The Labute approximate surface area is 163 Å². The highest BCUT2D eigenvalue weighted by molar-refractivity contribution is 6.21. The Kier molecular flexibility index (Phi) is 10.4. The molecule has 1 rings (SSSR count). The normalized spacial score (nSPS) is 18.6. The molecular weight excluding hydrogens is 346 g/mol. The van der Waals surface area contributed by atoms with Gasteiger partial charge in [0.15, 0.2) is 0 Å². The summed E-state index contributed by atoms with van der Waals surface area (Å²) in [7, 11) is 0. The van der Waals surface area contributed by atoms with Crippen LogP contribution in [0.4, 0.5) is 0 Å². The maximum absolute atomic E-state index is 11.4. The quantitative estimate of drug-likeness (QED) is 0.227. The van der Waals surface area contributed by atoms with Gasteiger partial charge < -0.3 is 10.2 Å². The molecule has 0 amide bonds. The van der Waals surface area contributed by atoms with Gasteiger partial charge in [0.25, 0.3) is 0 Å². The van der Waals surface area contributed by atoms with E-state index in [2.05, 4.69) is 43.2 Å². The van der Waals surface area contributed by atoms with Crippen LogP contribution in [-0.4, -0.2) is 42.2 Å². The predicted molar refractivity (Wildman–Crippen MR) is 113 cm³/mol. The summed E-state index contributed by atoms with van der Waals surface area (Å²) in [6.07, 6.45) is 12.7. The van der Waals surface area contributed by atoms with Crippen LogP contribution >= 0.6 is 11.6 Å². The Morgan fingerprint density at radius 3 is 2.73 bits per heavy atom. The summed E-state index contributed by atoms with van der Waals surface area (Å²) in [6.45, 7) is 8.92. The van der Waals surface area contributed by atoms with Crippen LogP contribution in [0, 0.1) is 11.3 Å². The van der Waals surface area contributed by atoms with Crippen LogP contribution in [0.5, 0.6) is 0 Å². The van der Waals surface area contributed by atoms with Crippen molar-refractivity contribution in [2.45, 2.75) is 64.4 Å². The van der Waals surface area contributed by atoms with Crippen LogP contribution in [-0.2, 0) is 4.79 Å². The highest BCUT2D eigenvalue weighted by atomic mass is 35.5. The number of allylic oxidation sites excluding steroid dienone is 4. The number of rotatable bonds is 12. The predicted octanol–water partition coefficient (Wildman–Crippen LogP) is 4.50. The van der Waals surface area contributed by atoms with Gasteiger partial charge in [0.2, 0.25) is 0 Å². The third-order valence-corrected chi connectivity index (χ3v) is 4.62. The van der Waals surface area contributed by atoms with Crippen molar-refractivity contribution >= 4 is 29.8 Å². The molecule has 0 aromatic heterocycles. The number of carbonyl (C=O) groups excluding carboxylic acids is 1. The van der Waals surface area contributed by atoms with E-state index < -0.39 is 0 Å². The lowest BCUT2D eigenvalue weighted by Crippen LogP contribution is -2.42. The summed E-state index contributed by atoms with van der Waals surface area (Å²) in [4.78, 5) is 16.0. The van der Waals surface area contributed by atoms with Crippen molar-refractivity contribution < 1.29 is 4.79 Å². The molecule has 3 unspecified atom stereocenters. The fourth-order valence-electron chi connectivity index (χ4n) is 2.89. The zero-order valence-corrected chi connectivity index (χ0v) is 17.1. The molecule has 1 aliphatic rings. The molecule has 0 spiro atoms. The lowest BCUT2D eigenvalue weighted by atomic mass is 10.0. The highest BCUT2D eigenvalue weighted by Gasteiger charge is 2.18.